The molecule has 7 heteroatoms. The van der Waals surface area contributed by atoms with E-state index in [0.717, 1.165) is 21.3 Å². The third kappa shape index (κ3) is 3.84. The molecule has 27 heavy (non-hydrogen) atoms. The summed E-state index contributed by atoms with van der Waals surface area (Å²) in [6.45, 7) is 0. The van der Waals surface area contributed by atoms with Gasteiger partial charge in [0.05, 0.1) is 11.6 Å². The zero-order valence-electron chi connectivity index (χ0n) is 14.3. The fourth-order valence-corrected chi connectivity index (χ4v) is 3.88. The van der Waals surface area contributed by atoms with Crippen molar-refractivity contribution in [3.8, 4) is 5.75 Å². The van der Waals surface area contributed by atoms with Crippen molar-refractivity contribution in [2.75, 3.05) is 7.11 Å². The Balaban J connectivity index is 1.64. The summed E-state index contributed by atoms with van der Waals surface area (Å²) in [5, 5.41) is 4.30. The maximum atomic E-state index is 12.6. The normalized spacial score (nSPS) is 12.3. The van der Waals surface area contributed by atoms with Gasteiger partial charge in [-0.05, 0) is 47.5 Å². The maximum Gasteiger partial charge on any atom is 0.291 e. The molecule has 0 fully saturated rings. The lowest BCUT2D eigenvalue weighted by atomic mass is 10.2. The van der Waals surface area contributed by atoms with Crippen molar-refractivity contribution in [1.29, 1.82) is 0 Å². The lowest BCUT2D eigenvalue weighted by Crippen LogP contribution is -2.23. The van der Waals surface area contributed by atoms with Gasteiger partial charge < -0.3 is 4.74 Å². The Morgan fingerprint density at radius 2 is 1.93 bits per heavy atom. The van der Waals surface area contributed by atoms with Crippen LogP contribution in [0.5, 0.6) is 5.75 Å². The number of aromatic nitrogens is 3. The van der Waals surface area contributed by atoms with Gasteiger partial charge in [-0.15, -0.1) is 5.10 Å². The predicted molar refractivity (Wildman–Crippen MR) is 112 cm³/mol. The lowest BCUT2D eigenvalue weighted by molar-refractivity contribution is 0.415. The van der Waals surface area contributed by atoms with E-state index in [1.807, 2.05) is 60.7 Å². The Hall–Kier alpha value is -2.77. The second kappa shape index (κ2) is 7.46. The fourth-order valence-electron chi connectivity index (χ4n) is 2.55. The van der Waals surface area contributed by atoms with Crippen LogP contribution in [0, 0.1) is 0 Å². The molecule has 2 aromatic carbocycles. The molecule has 4 rings (SSSR count). The molecule has 5 nitrogen and oxygen atoms in total. The number of benzene rings is 2. The van der Waals surface area contributed by atoms with Gasteiger partial charge in [0, 0.05) is 4.47 Å². The van der Waals surface area contributed by atoms with Crippen molar-refractivity contribution < 1.29 is 4.74 Å². The fraction of sp³-hybridized carbons (Fsp3) is 0.0500. The summed E-state index contributed by atoms with van der Waals surface area (Å²) in [7, 11) is 1.63. The minimum atomic E-state index is -0.161. The van der Waals surface area contributed by atoms with Crippen molar-refractivity contribution in [1.82, 2.24) is 14.6 Å². The first-order chi connectivity index (χ1) is 13.1. The number of nitrogens with zero attached hydrogens (tertiary/aromatic N) is 3. The van der Waals surface area contributed by atoms with Crippen LogP contribution in [0.1, 0.15) is 17.0 Å². The molecular weight excluding hydrogens is 426 g/mol. The van der Waals surface area contributed by atoms with Crippen LogP contribution in [-0.4, -0.2) is 21.7 Å². The van der Waals surface area contributed by atoms with Crippen LogP contribution in [0.4, 0.5) is 0 Å². The summed E-state index contributed by atoms with van der Waals surface area (Å²) in [6.07, 6.45) is 5.54. The molecule has 0 aliphatic heterocycles. The number of halogens is 1. The Bertz CT molecular complexity index is 1240. The molecule has 134 valence electrons. The van der Waals surface area contributed by atoms with E-state index in [-0.39, 0.29) is 5.56 Å². The van der Waals surface area contributed by atoms with E-state index >= 15 is 0 Å². The molecule has 0 saturated heterocycles. The molecule has 2 aromatic heterocycles. The molecule has 0 unspecified atom stereocenters. The molecule has 0 atom stereocenters. The zero-order valence-corrected chi connectivity index (χ0v) is 16.7. The van der Waals surface area contributed by atoms with E-state index in [4.69, 9.17) is 4.74 Å². The largest absolute Gasteiger partial charge is 0.497 e. The molecule has 0 saturated carbocycles. The van der Waals surface area contributed by atoms with Gasteiger partial charge in [0.15, 0.2) is 5.82 Å². The molecule has 4 aromatic rings. The van der Waals surface area contributed by atoms with E-state index in [1.54, 1.807) is 13.2 Å². The highest BCUT2D eigenvalue weighted by Gasteiger charge is 2.08. The molecule has 0 amide bonds. The van der Waals surface area contributed by atoms with E-state index in [2.05, 4.69) is 26.0 Å². The molecule has 0 N–H and O–H groups in total. The zero-order chi connectivity index (χ0) is 18.8. The van der Waals surface area contributed by atoms with Gasteiger partial charge in [-0.25, -0.2) is 0 Å². The Morgan fingerprint density at radius 3 is 2.63 bits per heavy atom. The molecule has 0 aliphatic rings. The molecular formula is C20H14BrN3O2S. The van der Waals surface area contributed by atoms with Gasteiger partial charge >= 0.3 is 0 Å². The summed E-state index contributed by atoms with van der Waals surface area (Å²) < 4.78 is 8.07. The number of fused-ring (bicyclic) bond motifs is 1. The van der Waals surface area contributed by atoms with Gasteiger partial charge in [-0.2, -0.15) is 9.50 Å². The first-order valence-electron chi connectivity index (χ1n) is 8.11. The van der Waals surface area contributed by atoms with Crippen molar-refractivity contribution in [2.24, 2.45) is 0 Å². The number of methoxy groups -OCH3 is 1. The Morgan fingerprint density at radius 1 is 1.11 bits per heavy atom. The smallest absolute Gasteiger partial charge is 0.291 e. The van der Waals surface area contributed by atoms with Crippen LogP contribution >= 0.6 is 27.3 Å². The van der Waals surface area contributed by atoms with Gasteiger partial charge in [-0.1, -0.05) is 57.6 Å². The maximum absolute atomic E-state index is 12.6. The highest BCUT2D eigenvalue weighted by Crippen LogP contribution is 2.14. The van der Waals surface area contributed by atoms with E-state index < -0.39 is 0 Å². The lowest BCUT2D eigenvalue weighted by Gasteiger charge is -1.98. The Labute approximate surface area is 167 Å². The second-order valence-corrected chi connectivity index (χ2v) is 7.67. The summed E-state index contributed by atoms with van der Waals surface area (Å²) in [4.78, 5) is 17.6. The van der Waals surface area contributed by atoms with E-state index in [0.29, 0.717) is 15.3 Å². The van der Waals surface area contributed by atoms with Gasteiger partial charge in [-0.3, -0.25) is 4.79 Å². The predicted octanol–water partition coefficient (Wildman–Crippen LogP) is 3.64. The van der Waals surface area contributed by atoms with Crippen molar-refractivity contribution in [3.63, 3.8) is 0 Å². The van der Waals surface area contributed by atoms with Crippen LogP contribution in [-0.2, 0) is 0 Å². The quantitative estimate of drug-likeness (QED) is 0.486. The van der Waals surface area contributed by atoms with Gasteiger partial charge in [0.25, 0.3) is 5.56 Å². The first-order valence-corrected chi connectivity index (χ1v) is 9.72. The van der Waals surface area contributed by atoms with Crippen LogP contribution in [0.2, 0.25) is 0 Å². The summed E-state index contributed by atoms with van der Waals surface area (Å²) >= 11 is 4.76. The number of thiazole rings is 1. The van der Waals surface area contributed by atoms with Crippen LogP contribution in [0.25, 0.3) is 23.2 Å². The topological polar surface area (TPSA) is 56.5 Å². The number of hydrogen-bond acceptors (Lipinski definition) is 5. The Kier molecular flexibility index (Phi) is 4.87. The second-order valence-electron chi connectivity index (χ2n) is 5.74. The van der Waals surface area contributed by atoms with Crippen LogP contribution in [0.3, 0.4) is 0 Å². The third-order valence-corrected chi connectivity index (χ3v) is 5.34. The number of rotatable bonds is 4. The van der Waals surface area contributed by atoms with Crippen molar-refractivity contribution in [3.05, 3.63) is 84.8 Å². The summed E-state index contributed by atoms with van der Waals surface area (Å²) in [5.74, 6) is 1.31. The molecule has 0 bridgehead atoms. The van der Waals surface area contributed by atoms with Gasteiger partial charge in [0.2, 0.25) is 4.96 Å². The summed E-state index contributed by atoms with van der Waals surface area (Å²) in [5.41, 5.74) is 1.79. The third-order valence-electron chi connectivity index (χ3n) is 3.89. The summed E-state index contributed by atoms with van der Waals surface area (Å²) in [6, 6.07) is 15.4. The minimum Gasteiger partial charge on any atom is -0.497 e. The minimum absolute atomic E-state index is 0.161. The number of hydrogen-bond donors (Lipinski definition) is 0. The monoisotopic (exact) mass is 439 g/mol. The first kappa shape index (κ1) is 17.6. The van der Waals surface area contributed by atoms with E-state index in [9.17, 15) is 4.79 Å². The average molecular weight is 440 g/mol. The highest BCUT2D eigenvalue weighted by molar-refractivity contribution is 9.10. The van der Waals surface area contributed by atoms with E-state index in [1.165, 1.54) is 15.9 Å². The average Bonchev–Trinajstić information content (AvgIpc) is 3.20. The molecule has 0 aliphatic carbocycles. The molecule has 2 heterocycles. The number of ether oxygens (including phenoxy) is 1. The molecule has 0 radical (unpaired) electrons. The SMILES string of the molecule is COc1ccc(/C=C/c2nc3s/c(=C/c4cccc(Br)c4)c(=O)n3n2)cc1. The van der Waals surface area contributed by atoms with Crippen molar-refractivity contribution in [2.45, 2.75) is 0 Å². The van der Waals surface area contributed by atoms with Gasteiger partial charge in [0.1, 0.15) is 5.75 Å². The van der Waals surface area contributed by atoms with Crippen LogP contribution < -0.4 is 14.8 Å². The standard InChI is InChI=1S/C20H14BrN3O2S/c1-26-16-8-5-13(6-9-16)7-10-18-22-20-24(23-18)19(25)17(27-20)12-14-3-2-4-15(21)11-14/h2-12H,1H3/b10-7+,17-12+. The molecule has 0 spiro atoms. The van der Waals surface area contributed by atoms with Crippen molar-refractivity contribution >= 4 is 50.5 Å². The highest BCUT2D eigenvalue weighted by atomic mass is 79.9. The van der Waals surface area contributed by atoms with Crippen LogP contribution in [0.15, 0.2) is 57.8 Å².